The van der Waals surface area contributed by atoms with Gasteiger partial charge in [0.05, 0.1) is 11.9 Å². The summed E-state index contributed by atoms with van der Waals surface area (Å²) in [7, 11) is 1.88. The summed E-state index contributed by atoms with van der Waals surface area (Å²) in [6.07, 6.45) is 3.46. The molecule has 2 rings (SSSR count). The fourth-order valence-corrected chi connectivity index (χ4v) is 1.34. The largest absolute Gasteiger partial charge is 0.314 e. The lowest BCUT2D eigenvalue weighted by Gasteiger charge is -1.99. The Morgan fingerprint density at radius 3 is 3.23 bits per heavy atom. The van der Waals surface area contributed by atoms with E-state index in [4.69, 9.17) is 11.6 Å². The number of fused-ring (bicyclic) bond motifs is 1. The molecular weight excluding hydrogens is 188 g/mol. The van der Waals surface area contributed by atoms with Crippen molar-refractivity contribution in [3.63, 3.8) is 0 Å². The van der Waals surface area contributed by atoms with Gasteiger partial charge in [0, 0.05) is 12.7 Å². The van der Waals surface area contributed by atoms with Crippen LogP contribution in [0.3, 0.4) is 0 Å². The summed E-state index contributed by atoms with van der Waals surface area (Å²) in [4.78, 5) is 8.34. The van der Waals surface area contributed by atoms with Crippen LogP contribution in [-0.2, 0) is 6.54 Å². The van der Waals surface area contributed by atoms with Crippen molar-refractivity contribution in [3.05, 3.63) is 29.3 Å². The summed E-state index contributed by atoms with van der Waals surface area (Å²) in [5.74, 6) is 0.637. The predicted molar refractivity (Wildman–Crippen MR) is 50.8 cm³/mol. The van der Waals surface area contributed by atoms with Gasteiger partial charge in [-0.15, -0.1) is 0 Å². The summed E-state index contributed by atoms with van der Waals surface area (Å²) in [6.45, 7) is 0.737. The van der Waals surface area contributed by atoms with Gasteiger partial charge in [-0.25, -0.2) is 9.97 Å². The van der Waals surface area contributed by atoms with E-state index < -0.39 is 0 Å². The minimum absolute atomic E-state index is 0.582. The van der Waals surface area contributed by atoms with Gasteiger partial charge in [0.15, 0.2) is 0 Å². The third kappa shape index (κ3) is 1.50. The molecule has 5 heteroatoms. The molecule has 1 N–H and O–H groups in total. The number of halogens is 1. The Balaban J connectivity index is 2.50. The second-order valence-electron chi connectivity index (χ2n) is 2.70. The molecule has 0 radical (unpaired) electrons. The van der Waals surface area contributed by atoms with Crippen LogP contribution in [0.1, 0.15) is 5.69 Å². The van der Waals surface area contributed by atoms with Gasteiger partial charge in [-0.3, -0.25) is 4.40 Å². The molecule has 0 aromatic carbocycles. The van der Waals surface area contributed by atoms with E-state index in [0.29, 0.717) is 10.9 Å². The molecule has 0 bridgehead atoms. The molecule has 0 atom stereocenters. The molecular formula is C8H9ClN4. The number of nitrogens with zero attached hydrogens (tertiary/aromatic N) is 3. The normalized spacial score (nSPS) is 10.9. The molecule has 0 spiro atoms. The summed E-state index contributed by atoms with van der Waals surface area (Å²) in [5.41, 5.74) is 0.956. The van der Waals surface area contributed by atoms with Crippen LogP contribution in [0.25, 0.3) is 5.78 Å². The van der Waals surface area contributed by atoms with E-state index in [2.05, 4.69) is 15.3 Å². The first-order chi connectivity index (χ1) is 6.31. The average molecular weight is 197 g/mol. The molecule has 0 fully saturated rings. The van der Waals surface area contributed by atoms with E-state index in [0.717, 1.165) is 12.2 Å². The quantitative estimate of drug-likeness (QED) is 0.782. The molecule has 2 aromatic heterocycles. The molecule has 2 aromatic rings. The van der Waals surface area contributed by atoms with Crippen molar-refractivity contribution in [2.24, 2.45) is 0 Å². The molecule has 0 aliphatic heterocycles. The first-order valence-corrected chi connectivity index (χ1v) is 4.32. The van der Waals surface area contributed by atoms with Crippen LogP contribution in [0.5, 0.6) is 0 Å². The Kier molecular flexibility index (Phi) is 2.16. The van der Waals surface area contributed by atoms with Gasteiger partial charge in [0.25, 0.3) is 0 Å². The Bertz CT molecular complexity index is 423. The fraction of sp³-hybridized carbons (Fsp3) is 0.250. The van der Waals surface area contributed by atoms with Crippen LogP contribution in [0, 0.1) is 0 Å². The lowest BCUT2D eigenvalue weighted by atomic mass is 10.4. The van der Waals surface area contributed by atoms with E-state index >= 15 is 0 Å². The molecule has 0 aliphatic rings. The zero-order valence-corrected chi connectivity index (χ0v) is 7.91. The molecule has 13 heavy (non-hydrogen) atoms. The van der Waals surface area contributed by atoms with Crippen molar-refractivity contribution in [2.75, 3.05) is 7.05 Å². The van der Waals surface area contributed by atoms with Crippen molar-refractivity contribution >= 4 is 17.4 Å². The molecule has 4 nitrogen and oxygen atoms in total. The van der Waals surface area contributed by atoms with E-state index in [9.17, 15) is 0 Å². The first kappa shape index (κ1) is 8.47. The maximum absolute atomic E-state index is 5.85. The number of nitrogens with one attached hydrogen (secondary N) is 1. The third-order valence-corrected chi connectivity index (χ3v) is 2.03. The number of aromatic nitrogens is 3. The van der Waals surface area contributed by atoms with Crippen molar-refractivity contribution in [1.29, 1.82) is 0 Å². The van der Waals surface area contributed by atoms with E-state index in [1.807, 2.05) is 19.3 Å². The number of imidazole rings is 1. The second kappa shape index (κ2) is 3.32. The van der Waals surface area contributed by atoms with Crippen LogP contribution < -0.4 is 5.32 Å². The zero-order valence-electron chi connectivity index (χ0n) is 7.16. The fourth-order valence-electron chi connectivity index (χ4n) is 1.16. The third-order valence-electron chi connectivity index (χ3n) is 1.75. The highest BCUT2D eigenvalue weighted by Gasteiger charge is 2.01. The summed E-state index contributed by atoms with van der Waals surface area (Å²) < 4.78 is 1.74. The van der Waals surface area contributed by atoms with Crippen molar-refractivity contribution in [1.82, 2.24) is 19.7 Å². The van der Waals surface area contributed by atoms with Gasteiger partial charge < -0.3 is 5.32 Å². The minimum Gasteiger partial charge on any atom is -0.314 e. The van der Waals surface area contributed by atoms with E-state index in [1.165, 1.54) is 0 Å². The van der Waals surface area contributed by atoms with Crippen LogP contribution in [0.4, 0.5) is 0 Å². The zero-order chi connectivity index (χ0) is 9.26. The molecule has 68 valence electrons. The lowest BCUT2D eigenvalue weighted by Crippen LogP contribution is -2.07. The van der Waals surface area contributed by atoms with Gasteiger partial charge in [-0.2, -0.15) is 0 Å². The van der Waals surface area contributed by atoms with Gasteiger partial charge in [0.1, 0.15) is 5.15 Å². The monoisotopic (exact) mass is 196 g/mol. The minimum atomic E-state index is 0.582. The second-order valence-corrected chi connectivity index (χ2v) is 3.09. The van der Waals surface area contributed by atoms with Crippen molar-refractivity contribution < 1.29 is 0 Å². The molecule has 0 saturated carbocycles. The average Bonchev–Trinajstić information content (AvgIpc) is 2.48. The Morgan fingerprint density at radius 1 is 1.62 bits per heavy atom. The van der Waals surface area contributed by atoms with Crippen LogP contribution in [0.15, 0.2) is 18.5 Å². The van der Waals surface area contributed by atoms with Crippen LogP contribution in [-0.4, -0.2) is 21.4 Å². The van der Waals surface area contributed by atoms with E-state index in [-0.39, 0.29) is 0 Å². The summed E-state index contributed by atoms with van der Waals surface area (Å²) >= 11 is 5.85. The van der Waals surface area contributed by atoms with Crippen LogP contribution >= 0.6 is 11.6 Å². The molecule has 0 saturated heterocycles. The highest BCUT2D eigenvalue weighted by Crippen LogP contribution is 2.10. The van der Waals surface area contributed by atoms with Crippen LogP contribution in [0.2, 0.25) is 5.15 Å². The standard InChI is InChI=1S/C8H9ClN4/c1-10-4-6-2-3-13-7(9)5-11-8(13)12-6/h2-3,5,10H,4H2,1H3. The summed E-state index contributed by atoms with van der Waals surface area (Å²) in [6, 6.07) is 1.91. The van der Waals surface area contributed by atoms with Gasteiger partial charge in [-0.1, -0.05) is 11.6 Å². The smallest absolute Gasteiger partial charge is 0.235 e. The van der Waals surface area contributed by atoms with Gasteiger partial charge in [-0.05, 0) is 13.1 Å². The number of hydrogen-bond acceptors (Lipinski definition) is 3. The number of rotatable bonds is 2. The first-order valence-electron chi connectivity index (χ1n) is 3.94. The topological polar surface area (TPSA) is 42.2 Å². The Hall–Kier alpha value is -1.13. The Morgan fingerprint density at radius 2 is 2.46 bits per heavy atom. The van der Waals surface area contributed by atoms with Gasteiger partial charge >= 0.3 is 0 Å². The van der Waals surface area contributed by atoms with Gasteiger partial charge in [0.2, 0.25) is 5.78 Å². The van der Waals surface area contributed by atoms with Crippen molar-refractivity contribution in [3.8, 4) is 0 Å². The maximum atomic E-state index is 5.85. The van der Waals surface area contributed by atoms with E-state index in [1.54, 1.807) is 10.6 Å². The number of hydrogen-bond donors (Lipinski definition) is 1. The highest BCUT2D eigenvalue weighted by atomic mass is 35.5. The Labute approximate surface area is 80.6 Å². The predicted octanol–water partition coefficient (Wildman–Crippen LogP) is 1.10. The molecule has 0 amide bonds. The SMILES string of the molecule is CNCc1ccn2c(Cl)cnc2n1. The molecule has 2 heterocycles. The maximum Gasteiger partial charge on any atom is 0.235 e. The molecule has 0 unspecified atom stereocenters. The lowest BCUT2D eigenvalue weighted by molar-refractivity contribution is 0.788. The summed E-state index contributed by atoms with van der Waals surface area (Å²) in [5, 5.41) is 3.60. The molecule has 0 aliphatic carbocycles. The van der Waals surface area contributed by atoms with Crippen molar-refractivity contribution in [2.45, 2.75) is 6.54 Å². The highest BCUT2D eigenvalue weighted by molar-refractivity contribution is 6.29.